The van der Waals surface area contributed by atoms with E-state index in [0.717, 1.165) is 0 Å². The summed E-state index contributed by atoms with van der Waals surface area (Å²) in [6.07, 6.45) is 1.33. The van der Waals surface area contributed by atoms with Crippen molar-refractivity contribution in [3.05, 3.63) is 32.7 Å². The highest BCUT2D eigenvalue weighted by atomic mass is 32.1. The van der Waals surface area contributed by atoms with Crippen LogP contribution in [0.4, 0.5) is 5.13 Å². The van der Waals surface area contributed by atoms with Gasteiger partial charge in [0.25, 0.3) is 11.5 Å². The molecule has 0 fully saturated rings. The highest BCUT2D eigenvalue weighted by molar-refractivity contribution is 7.13. The number of amides is 1. The second-order valence-corrected chi connectivity index (χ2v) is 5.81. The van der Waals surface area contributed by atoms with E-state index in [1.54, 1.807) is 13.8 Å². The van der Waals surface area contributed by atoms with Crippen LogP contribution in [0.25, 0.3) is 11.2 Å². The smallest absolute Gasteiger partial charge is 0.302 e. The number of hydrogen-bond acceptors (Lipinski definition) is 7. The molecule has 3 N–H and O–H groups in total. The number of H-pyrrole nitrogens is 2. The lowest BCUT2D eigenvalue weighted by atomic mass is 10.0. The largest absolute Gasteiger partial charge is 0.327 e. The van der Waals surface area contributed by atoms with E-state index in [2.05, 4.69) is 30.5 Å². The summed E-state index contributed by atoms with van der Waals surface area (Å²) >= 11 is 1.18. The quantitative estimate of drug-likeness (QED) is 0.602. The molecule has 3 heterocycles. The number of imidazole rings is 1. The Labute approximate surface area is 126 Å². The molecule has 10 nitrogen and oxygen atoms in total. The van der Waals surface area contributed by atoms with E-state index in [4.69, 9.17) is 0 Å². The van der Waals surface area contributed by atoms with Crippen molar-refractivity contribution in [3.63, 3.8) is 0 Å². The number of fused-ring (bicyclic) bond motifs is 1. The zero-order valence-corrected chi connectivity index (χ0v) is 12.4. The second kappa shape index (κ2) is 4.87. The summed E-state index contributed by atoms with van der Waals surface area (Å²) in [6.45, 7) is 3.26. The van der Waals surface area contributed by atoms with Crippen LogP contribution in [-0.4, -0.2) is 35.6 Å². The van der Waals surface area contributed by atoms with Gasteiger partial charge in [-0.05, 0) is 13.8 Å². The van der Waals surface area contributed by atoms with Gasteiger partial charge in [0, 0.05) is 0 Å². The van der Waals surface area contributed by atoms with E-state index in [1.165, 1.54) is 27.7 Å². The third-order valence-electron chi connectivity index (χ3n) is 3.18. The van der Waals surface area contributed by atoms with Gasteiger partial charge in [-0.3, -0.25) is 24.9 Å². The molecule has 0 aliphatic rings. The third kappa shape index (κ3) is 2.20. The lowest BCUT2D eigenvalue weighted by molar-refractivity contribution is -0.122. The summed E-state index contributed by atoms with van der Waals surface area (Å²) in [5.74, 6) is -0.385. The van der Waals surface area contributed by atoms with Gasteiger partial charge in [0.1, 0.15) is 16.7 Å². The van der Waals surface area contributed by atoms with Crippen LogP contribution in [0.5, 0.6) is 0 Å². The molecular weight excluding hydrogens is 310 g/mol. The van der Waals surface area contributed by atoms with Crippen LogP contribution >= 0.6 is 11.3 Å². The number of rotatable bonds is 3. The van der Waals surface area contributed by atoms with Gasteiger partial charge in [-0.1, -0.05) is 11.3 Å². The van der Waals surface area contributed by atoms with Crippen molar-refractivity contribution < 1.29 is 4.79 Å². The van der Waals surface area contributed by atoms with Crippen LogP contribution in [0.1, 0.15) is 13.8 Å². The highest BCUT2D eigenvalue weighted by Crippen LogP contribution is 2.21. The van der Waals surface area contributed by atoms with E-state index in [0.29, 0.717) is 5.13 Å². The Morgan fingerprint density at radius 1 is 1.36 bits per heavy atom. The van der Waals surface area contributed by atoms with Crippen LogP contribution in [0.15, 0.2) is 21.4 Å². The summed E-state index contributed by atoms with van der Waals surface area (Å²) in [7, 11) is 0. The minimum absolute atomic E-state index is 0.0522. The van der Waals surface area contributed by atoms with Crippen molar-refractivity contribution in [2.45, 2.75) is 19.4 Å². The zero-order valence-electron chi connectivity index (χ0n) is 11.6. The molecule has 0 unspecified atom stereocenters. The fourth-order valence-electron chi connectivity index (χ4n) is 1.95. The van der Waals surface area contributed by atoms with Gasteiger partial charge in [0.2, 0.25) is 5.13 Å². The molecule has 1 amide bonds. The monoisotopic (exact) mass is 321 g/mol. The number of hydrogen-bond donors (Lipinski definition) is 3. The van der Waals surface area contributed by atoms with E-state index >= 15 is 0 Å². The first-order valence-electron chi connectivity index (χ1n) is 6.17. The number of anilines is 1. The zero-order chi connectivity index (χ0) is 15.9. The molecule has 0 saturated carbocycles. The van der Waals surface area contributed by atoms with Crippen molar-refractivity contribution >= 4 is 33.5 Å². The lowest BCUT2D eigenvalue weighted by Crippen LogP contribution is -2.40. The van der Waals surface area contributed by atoms with Crippen molar-refractivity contribution in [1.82, 2.24) is 29.7 Å². The van der Waals surface area contributed by atoms with Crippen LogP contribution in [0.2, 0.25) is 0 Å². The van der Waals surface area contributed by atoms with Gasteiger partial charge in [-0.2, -0.15) is 0 Å². The molecule has 0 spiro atoms. The molecular formula is C11H11N7O3S. The SMILES string of the molecule is CC(C)(C(=O)Nc1nncs1)n1cnc2c(=O)[nH]c(=O)[nH]c21. The molecule has 0 aliphatic carbocycles. The fourth-order valence-corrected chi connectivity index (χ4v) is 2.39. The van der Waals surface area contributed by atoms with Gasteiger partial charge in [0.15, 0.2) is 5.52 Å². The Morgan fingerprint density at radius 3 is 2.82 bits per heavy atom. The first-order valence-corrected chi connectivity index (χ1v) is 7.05. The minimum atomic E-state index is -1.11. The maximum absolute atomic E-state index is 12.4. The number of nitrogens with one attached hydrogen (secondary N) is 3. The summed E-state index contributed by atoms with van der Waals surface area (Å²) in [4.78, 5) is 44.1. The molecule has 0 aliphatic heterocycles. The summed E-state index contributed by atoms with van der Waals surface area (Å²) in [5.41, 5.74) is -0.677. The van der Waals surface area contributed by atoms with Gasteiger partial charge >= 0.3 is 5.69 Å². The van der Waals surface area contributed by atoms with Crippen molar-refractivity contribution in [2.24, 2.45) is 0 Å². The van der Waals surface area contributed by atoms with Crippen LogP contribution in [-0.2, 0) is 10.3 Å². The van der Waals surface area contributed by atoms with Crippen molar-refractivity contribution in [1.29, 1.82) is 0 Å². The predicted octanol–water partition coefficient (Wildman–Crippen LogP) is -0.362. The average Bonchev–Trinajstić information content (AvgIpc) is 3.07. The van der Waals surface area contributed by atoms with Gasteiger partial charge in [-0.15, -0.1) is 10.2 Å². The summed E-state index contributed by atoms with van der Waals surface area (Å²) in [6, 6.07) is 0. The molecule has 11 heteroatoms. The Morgan fingerprint density at radius 2 is 2.14 bits per heavy atom. The molecule has 22 heavy (non-hydrogen) atoms. The van der Waals surface area contributed by atoms with E-state index in [1.807, 2.05) is 0 Å². The molecule has 3 aromatic rings. The number of aromatic nitrogens is 6. The van der Waals surface area contributed by atoms with Crippen molar-refractivity contribution in [2.75, 3.05) is 5.32 Å². The standard InChI is InChI=1S/C11H11N7O3S/c1-11(2,8(20)16-10-17-13-4-22-10)18-3-12-5-6(18)14-9(21)15-7(5)19/h3-4H,1-2H3,(H,16,17,20)(H2,14,15,19,21). The van der Waals surface area contributed by atoms with Crippen LogP contribution in [0, 0.1) is 0 Å². The Bertz CT molecular complexity index is 950. The van der Waals surface area contributed by atoms with E-state index in [-0.39, 0.29) is 17.1 Å². The van der Waals surface area contributed by atoms with Crippen LogP contribution < -0.4 is 16.6 Å². The summed E-state index contributed by atoms with van der Waals surface area (Å²) < 4.78 is 1.43. The average molecular weight is 321 g/mol. The molecule has 3 aromatic heterocycles. The number of carbonyl (C=O) groups is 1. The van der Waals surface area contributed by atoms with Crippen LogP contribution in [0.3, 0.4) is 0 Å². The first kappa shape index (κ1) is 14.1. The van der Waals surface area contributed by atoms with E-state index < -0.39 is 16.8 Å². The molecule has 114 valence electrons. The fraction of sp³-hybridized carbons (Fsp3) is 0.273. The molecule has 3 rings (SSSR count). The number of nitrogens with zero attached hydrogens (tertiary/aromatic N) is 4. The first-order chi connectivity index (χ1) is 10.4. The van der Waals surface area contributed by atoms with Crippen molar-refractivity contribution in [3.8, 4) is 0 Å². The molecule has 0 radical (unpaired) electrons. The lowest BCUT2D eigenvalue weighted by Gasteiger charge is -2.24. The molecule has 0 saturated heterocycles. The maximum atomic E-state index is 12.4. The second-order valence-electron chi connectivity index (χ2n) is 4.98. The number of carbonyl (C=O) groups excluding carboxylic acids is 1. The normalized spacial score (nSPS) is 11.7. The summed E-state index contributed by atoms with van der Waals surface area (Å²) in [5, 5.41) is 10.4. The predicted molar refractivity (Wildman–Crippen MR) is 78.8 cm³/mol. The van der Waals surface area contributed by atoms with Gasteiger partial charge in [0.05, 0.1) is 6.33 Å². The Hall–Kier alpha value is -2.82. The minimum Gasteiger partial charge on any atom is -0.302 e. The van der Waals surface area contributed by atoms with E-state index in [9.17, 15) is 14.4 Å². The van der Waals surface area contributed by atoms with Gasteiger partial charge in [-0.25, -0.2) is 9.78 Å². The maximum Gasteiger partial charge on any atom is 0.327 e. The Kier molecular flexibility index (Phi) is 3.13. The molecule has 0 bridgehead atoms. The molecule has 0 atom stereocenters. The highest BCUT2D eigenvalue weighted by Gasteiger charge is 2.32. The number of aromatic amines is 2. The molecule has 0 aromatic carbocycles. The third-order valence-corrected chi connectivity index (χ3v) is 3.79. The Balaban J connectivity index is 2.07. The topological polar surface area (TPSA) is 138 Å². The van der Waals surface area contributed by atoms with Gasteiger partial charge < -0.3 is 4.57 Å².